The lowest BCUT2D eigenvalue weighted by Gasteiger charge is -2.05. The van der Waals surface area contributed by atoms with Gasteiger partial charge in [-0.2, -0.15) is 0 Å². The summed E-state index contributed by atoms with van der Waals surface area (Å²) >= 11 is 0. The summed E-state index contributed by atoms with van der Waals surface area (Å²) in [5, 5.41) is 0. The van der Waals surface area contributed by atoms with Gasteiger partial charge in [-0.15, -0.1) is 0 Å². The van der Waals surface area contributed by atoms with E-state index in [0.717, 1.165) is 11.1 Å². The molecule has 0 radical (unpaired) electrons. The Balaban J connectivity index is 2.05. The number of hydrogen-bond donors (Lipinski definition) is 1. The summed E-state index contributed by atoms with van der Waals surface area (Å²) in [4.78, 5) is 0. The molecule has 0 spiro atoms. The topological polar surface area (TPSA) is 43.1 Å². The Kier molecular flexibility index (Phi) is 4.32. The van der Waals surface area contributed by atoms with Gasteiger partial charge in [-0.05, 0) is 36.2 Å². The van der Waals surface area contributed by atoms with Gasteiger partial charge in [-0.25, -0.2) is 4.39 Å². The molecule has 0 saturated carbocycles. The molecule has 2 rings (SSSR count). The van der Waals surface area contributed by atoms with Crippen LogP contribution in [0.3, 0.4) is 0 Å². The van der Waals surface area contributed by atoms with Gasteiger partial charge in [0.1, 0.15) is 5.82 Å². The van der Waals surface area contributed by atoms with Crippen LogP contribution in [0.25, 0.3) is 0 Å². The van der Waals surface area contributed by atoms with Crippen molar-refractivity contribution in [2.75, 3.05) is 5.73 Å². The first-order valence-corrected chi connectivity index (χ1v) is 7.47. The van der Waals surface area contributed by atoms with E-state index in [-0.39, 0.29) is 5.82 Å². The van der Waals surface area contributed by atoms with E-state index < -0.39 is 10.8 Å². The average Bonchev–Trinajstić information content (AvgIpc) is 2.26. The zero-order valence-electron chi connectivity index (χ0n) is 10.7. The van der Waals surface area contributed by atoms with E-state index in [9.17, 15) is 8.60 Å². The van der Waals surface area contributed by atoms with Crippen molar-refractivity contribution in [3.05, 3.63) is 65.0 Å². The van der Waals surface area contributed by atoms with Gasteiger partial charge in [0.25, 0.3) is 0 Å². The highest BCUT2D eigenvalue weighted by atomic mass is 32.2. The highest BCUT2D eigenvalue weighted by Crippen LogP contribution is 2.15. The number of nitrogen functional groups attached to an aromatic ring is 1. The van der Waals surface area contributed by atoms with Crippen molar-refractivity contribution in [1.29, 1.82) is 0 Å². The summed E-state index contributed by atoms with van der Waals surface area (Å²) in [6.45, 7) is 2.00. The molecule has 2 aromatic rings. The predicted octanol–water partition coefficient (Wildman–Crippen LogP) is 3.17. The first-order valence-electron chi connectivity index (χ1n) is 5.98. The van der Waals surface area contributed by atoms with Crippen LogP contribution >= 0.6 is 0 Å². The van der Waals surface area contributed by atoms with E-state index in [1.807, 2.05) is 31.2 Å². The fourth-order valence-electron chi connectivity index (χ4n) is 1.98. The minimum atomic E-state index is -1.07. The molecule has 0 aliphatic carbocycles. The van der Waals surface area contributed by atoms with Gasteiger partial charge < -0.3 is 5.73 Å². The van der Waals surface area contributed by atoms with Gasteiger partial charge in [0.05, 0.1) is 0 Å². The van der Waals surface area contributed by atoms with Crippen LogP contribution in [-0.4, -0.2) is 4.21 Å². The Morgan fingerprint density at radius 1 is 1.11 bits per heavy atom. The van der Waals surface area contributed by atoms with Crippen LogP contribution in [0.2, 0.25) is 0 Å². The number of anilines is 1. The maximum atomic E-state index is 13.2. The smallest absolute Gasteiger partial charge is 0.125 e. The second-order valence-corrected chi connectivity index (χ2v) is 6.07. The van der Waals surface area contributed by atoms with E-state index in [1.54, 1.807) is 6.07 Å². The Hall–Kier alpha value is -1.68. The molecule has 4 heteroatoms. The molecular weight excluding hydrogens is 261 g/mol. The molecule has 2 nitrogen and oxygen atoms in total. The second-order valence-electron chi connectivity index (χ2n) is 4.61. The zero-order valence-corrected chi connectivity index (χ0v) is 11.5. The average molecular weight is 277 g/mol. The molecule has 0 aliphatic rings. The Labute approximate surface area is 114 Å². The van der Waals surface area contributed by atoms with E-state index in [2.05, 4.69) is 0 Å². The summed E-state index contributed by atoms with van der Waals surface area (Å²) in [5.74, 6) is 0.399. The summed E-state index contributed by atoms with van der Waals surface area (Å²) < 4.78 is 25.2. The van der Waals surface area contributed by atoms with E-state index in [4.69, 9.17) is 5.73 Å². The quantitative estimate of drug-likeness (QED) is 0.872. The van der Waals surface area contributed by atoms with Gasteiger partial charge in [-0.3, -0.25) is 4.21 Å². The SMILES string of the molecule is Cc1cccc(CS(=O)Cc2cc(N)cc(F)c2)c1. The molecule has 19 heavy (non-hydrogen) atoms. The predicted molar refractivity (Wildman–Crippen MR) is 77.5 cm³/mol. The van der Waals surface area contributed by atoms with Crippen molar-refractivity contribution in [2.45, 2.75) is 18.4 Å². The minimum absolute atomic E-state index is 0.315. The fraction of sp³-hybridized carbons (Fsp3) is 0.200. The summed E-state index contributed by atoms with van der Waals surface area (Å²) in [6, 6.07) is 12.2. The number of hydrogen-bond acceptors (Lipinski definition) is 2. The van der Waals surface area contributed by atoms with Gasteiger partial charge in [-0.1, -0.05) is 29.8 Å². The number of benzene rings is 2. The minimum Gasteiger partial charge on any atom is -0.399 e. The molecule has 0 fully saturated rings. The normalized spacial score (nSPS) is 12.3. The largest absolute Gasteiger partial charge is 0.399 e. The van der Waals surface area contributed by atoms with E-state index >= 15 is 0 Å². The molecule has 1 unspecified atom stereocenters. The molecule has 0 heterocycles. The summed E-state index contributed by atoms with van der Waals surface area (Å²) in [7, 11) is -1.07. The number of nitrogens with two attached hydrogens (primary N) is 1. The fourth-order valence-corrected chi connectivity index (χ4v) is 3.18. The molecule has 0 aromatic heterocycles. The van der Waals surface area contributed by atoms with Crippen LogP contribution in [0.4, 0.5) is 10.1 Å². The third-order valence-electron chi connectivity index (χ3n) is 2.72. The van der Waals surface area contributed by atoms with Crippen molar-refractivity contribution >= 4 is 16.5 Å². The molecule has 1 atom stereocenters. The Bertz CT molecular complexity index is 593. The first kappa shape index (κ1) is 13.7. The van der Waals surface area contributed by atoms with Crippen molar-refractivity contribution in [3.63, 3.8) is 0 Å². The van der Waals surface area contributed by atoms with Gasteiger partial charge in [0, 0.05) is 28.0 Å². The molecule has 100 valence electrons. The van der Waals surface area contributed by atoms with Crippen LogP contribution < -0.4 is 5.73 Å². The van der Waals surface area contributed by atoms with Crippen LogP contribution in [0.5, 0.6) is 0 Å². The van der Waals surface area contributed by atoms with Crippen LogP contribution in [0.1, 0.15) is 16.7 Å². The summed E-state index contributed by atoms with van der Waals surface area (Å²) in [6.07, 6.45) is 0. The van der Waals surface area contributed by atoms with Crippen LogP contribution in [0, 0.1) is 12.7 Å². The van der Waals surface area contributed by atoms with Gasteiger partial charge >= 0.3 is 0 Å². The highest BCUT2D eigenvalue weighted by molar-refractivity contribution is 7.83. The van der Waals surface area contributed by atoms with Gasteiger partial charge in [0.15, 0.2) is 0 Å². The second kappa shape index (κ2) is 5.97. The Morgan fingerprint density at radius 3 is 2.53 bits per heavy atom. The van der Waals surface area contributed by atoms with E-state index in [1.165, 1.54) is 12.1 Å². The van der Waals surface area contributed by atoms with Crippen molar-refractivity contribution in [2.24, 2.45) is 0 Å². The monoisotopic (exact) mass is 277 g/mol. The highest BCUT2D eigenvalue weighted by Gasteiger charge is 2.06. The summed E-state index contributed by atoms with van der Waals surface area (Å²) in [5.41, 5.74) is 8.78. The number of halogens is 1. The molecule has 0 saturated heterocycles. The number of rotatable bonds is 4. The van der Waals surface area contributed by atoms with Crippen LogP contribution in [0.15, 0.2) is 42.5 Å². The lowest BCUT2D eigenvalue weighted by Crippen LogP contribution is -2.01. The number of aryl methyl sites for hydroxylation is 1. The Morgan fingerprint density at radius 2 is 1.84 bits per heavy atom. The maximum Gasteiger partial charge on any atom is 0.125 e. The first-order chi connectivity index (χ1) is 9.02. The lowest BCUT2D eigenvalue weighted by molar-refractivity contribution is 0.627. The molecule has 2 N–H and O–H groups in total. The molecule has 0 amide bonds. The standard InChI is InChI=1S/C15H16FNOS/c1-11-3-2-4-12(5-11)9-19(18)10-13-6-14(16)8-15(17)7-13/h2-8H,9-10,17H2,1H3. The van der Waals surface area contributed by atoms with Gasteiger partial charge in [0.2, 0.25) is 0 Å². The molecular formula is C15H16FNOS. The molecule has 0 bridgehead atoms. The van der Waals surface area contributed by atoms with E-state index in [0.29, 0.717) is 22.8 Å². The third-order valence-corrected chi connectivity index (χ3v) is 4.03. The maximum absolute atomic E-state index is 13.2. The van der Waals surface area contributed by atoms with Crippen molar-refractivity contribution < 1.29 is 8.60 Å². The zero-order chi connectivity index (χ0) is 13.8. The lowest BCUT2D eigenvalue weighted by atomic mass is 10.2. The molecule has 2 aromatic carbocycles. The third kappa shape index (κ3) is 4.17. The van der Waals surface area contributed by atoms with Crippen molar-refractivity contribution in [1.82, 2.24) is 0 Å². The molecule has 0 aliphatic heterocycles. The van der Waals surface area contributed by atoms with Crippen molar-refractivity contribution in [3.8, 4) is 0 Å². The van der Waals surface area contributed by atoms with Crippen LogP contribution in [-0.2, 0) is 22.3 Å².